The van der Waals surface area contributed by atoms with Gasteiger partial charge in [-0.3, -0.25) is 9.69 Å². The second-order valence-corrected chi connectivity index (χ2v) is 7.56. The van der Waals surface area contributed by atoms with E-state index in [1.807, 2.05) is 24.3 Å². The molecule has 1 amide bonds. The number of carbonyl (C=O) groups excluding carboxylic acids is 1. The van der Waals surface area contributed by atoms with E-state index in [9.17, 15) is 4.79 Å². The van der Waals surface area contributed by atoms with Gasteiger partial charge in [0.2, 0.25) is 0 Å². The molecule has 1 N–H and O–H groups in total. The van der Waals surface area contributed by atoms with Crippen molar-refractivity contribution in [2.75, 3.05) is 51.3 Å². The summed E-state index contributed by atoms with van der Waals surface area (Å²) in [7, 11) is 1.73. The van der Waals surface area contributed by atoms with E-state index >= 15 is 0 Å². The second-order valence-electron chi connectivity index (χ2n) is 7.56. The maximum Gasteiger partial charge on any atom is 0.251 e. The lowest BCUT2D eigenvalue weighted by Crippen LogP contribution is -2.47. The fourth-order valence-corrected chi connectivity index (χ4v) is 3.82. The summed E-state index contributed by atoms with van der Waals surface area (Å²) < 4.78 is 5.49. The van der Waals surface area contributed by atoms with Gasteiger partial charge in [0, 0.05) is 38.3 Å². The Morgan fingerprint density at radius 2 is 1.76 bits per heavy atom. The van der Waals surface area contributed by atoms with Crippen molar-refractivity contribution < 1.29 is 9.53 Å². The maximum atomic E-state index is 12.3. The molecule has 1 heterocycles. The summed E-state index contributed by atoms with van der Waals surface area (Å²) >= 11 is 0. The third-order valence-electron chi connectivity index (χ3n) is 5.49. The third-order valence-corrected chi connectivity index (χ3v) is 5.49. The van der Waals surface area contributed by atoms with Gasteiger partial charge in [0.1, 0.15) is 5.75 Å². The molecule has 0 radical (unpaired) electrons. The quantitative estimate of drug-likeness (QED) is 0.659. The van der Waals surface area contributed by atoms with Gasteiger partial charge in [-0.2, -0.15) is 0 Å². The highest BCUT2D eigenvalue weighted by atomic mass is 16.5. The van der Waals surface area contributed by atoms with Crippen molar-refractivity contribution in [2.24, 2.45) is 0 Å². The predicted molar refractivity (Wildman–Crippen MR) is 119 cm³/mol. The van der Waals surface area contributed by atoms with E-state index < -0.39 is 0 Å². The Hall–Kier alpha value is -2.53. The molecule has 156 valence electrons. The molecule has 0 spiro atoms. The first kappa shape index (κ1) is 21.2. The lowest BCUT2D eigenvalue weighted by atomic mass is 10.1. The molecule has 2 aromatic rings. The van der Waals surface area contributed by atoms with Crippen LogP contribution in [0.2, 0.25) is 0 Å². The molecule has 1 aliphatic rings. The summed E-state index contributed by atoms with van der Waals surface area (Å²) in [6.07, 6.45) is 3.15. The first-order chi connectivity index (χ1) is 14.2. The molecule has 29 heavy (non-hydrogen) atoms. The van der Waals surface area contributed by atoms with E-state index in [4.69, 9.17) is 4.74 Å². The number of carbonyl (C=O) groups is 1. The summed E-state index contributed by atoms with van der Waals surface area (Å²) in [6, 6.07) is 16.2. The topological polar surface area (TPSA) is 44.8 Å². The maximum absolute atomic E-state index is 12.3. The van der Waals surface area contributed by atoms with Crippen LogP contribution in [0.15, 0.2) is 48.5 Å². The molecule has 0 aliphatic carbocycles. The van der Waals surface area contributed by atoms with Gasteiger partial charge < -0.3 is 15.0 Å². The van der Waals surface area contributed by atoms with Gasteiger partial charge >= 0.3 is 0 Å². The smallest absolute Gasteiger partial charge is 0.251 e. The SMILES string of the molecule is CCCc1ccc(C(=O)NCCCN2CCN(c3ccccc3OC)CC2)cc1. The zero-order valence-corrected chi connectivity index (χ0v) is 17.7. The molecule has 0 aromatic heterocycles. The highest BCUT2D eigenvalue weighted by Crippen LogP contribution is 2.28. The van der Waals surface area contributed by atoms with Crippen molar-refractivity contribution in [3.8, 4) is 5.75 Å². The van der Waals surface area contributed by atoms with Crippen LogP contribution in [0.4, 0.5) is 5.69 Å². The number of amides is 1. The minimum atomic E-state index is 0.0223. The number of ether oxygens (including phenoxy) is 1. The van der Waals surface area contributed by atoms with E-state index in [0.717, 1.165) is 63.3 Å². The molecular weight excluding hydrogens is 362 g/mol. The number of benzene rings is 2. The number of piperazine rings is 1. The van der Waals surface area contributed by atoms with Crippen LogP contribution in [-0.2, 0) is 6.42 Å². The lowest BCUT2D eigenvalue weighted by Gasteiger charge is -2.36. The van der Waals surface area contributed by atoms with E-state index in [0.29, 0.717) is 6.54 Å². The van der Waals surface area contributed by atoms with Crippen LogP contribution in [0, 0.1) is 0 Å². The van der Waals surface area contributed by atoms with Crippen molar-refractivity contribution in [3.63, 3.8) is 0 Å². The van der Waals surface area contributed by atoms with Gasteiger partial charge in [-0.1, -0.05) is 37.6 Å². The van der Waals surface area contributed by atoms with Gasteiger partial charge in [0.25, 0.3) is 5.91 Å². The molecular formula is C24H33N3O2. The average Bonchev–Trinajstić information content (AvgIpc) is 2.77. The third kappa shape index (κ3) is 5.97. The zero-order chi connectivity index (χ0) is 20.5. The first-order valence-corrected chi connectivity index (χ1v) is 10.7. The minimum absolute atomic E-state index is 0.0223. The van der Waals surface area contributed by atoms with Gasteiger partial charge in [-0.15, -0.1) is 0 Å². The summed E-state index contributed by atoms with van der Waals surface area (Å²) in [4.78, 5) is 17.1. The molecule has 0 unspecified atom stereocenters. The molecule has 2 aromatic carbocycles. The van der Waals surface area contributed by atoms with E-state index in [1.165, 1.54) is 11.3 Å². The van der Waals surface area contributed by atoms with E-state index in [-0.39, 0.29) is 5.91 Å². The summed E-state index contributed by atoms with van der Waals surface area (Å²) in [6.45, 7) is 7.94. The van der Waals surface area contributed by atoms with Crippen molar-refractivity contribution in [1.29, 1.82) is 0 Å². The number of para-hydroxylation sites is 2. The van der Waals surface area contributed by atoms with Gasteiger partial charge in [0.15, 0.2) is 0 Å². The Kier molecular flexibility index (Phi) is 7.94. The monoisotopic (exact) mass is 395 g/mol. The lowest BCUT2D eigenvalue weighted by molar-refractivity contribution is 0.0951. The van der Waals surface area contributed by atoms with Crippen molar-refractivity contribution in [1.82, 2.24) is 10.2 Å². The van der Waals surface area contributed by atoms with Crippen molar-refractivity contribution >= 4 is 11.6 Å². The molecule has 3 rings (SSSR count). The zero-order valence-electron chi connectivity index (χ0n) is 17.7. The normalized spacial score (nSPS) is 14.6. The molecule has 5 nitrogen and oxygen atoms in total. The Bertz CT molecular complexity index is 768. The van der Waals surface area contributed by atoms with Crippen LogP contribution in [-0.4, -0.2) is 57.2 Å². The number of hydrogen-bond donors (Lipinski definition) is 1. The van der Waals surface area contributed by atoms with Gasteiger partial charge in [-0.25, -0.2) is 0 Å². The fraction of sp³-hybridized carbons (Fsp3) is 0.458. The highest BCUT2D eigenvalue weighted by molar-refractivity contribution is 5.94. The van der Waals surface area contributed by atoms with Crippen LogP contribution in [0.3, 0.4) is 0 Å². The predicted octanol–water partition coefficient (Wildman–Crippen LogP) is 3.59. The molecule has 0 atom stereocenters. The molecule has 1 fully saturated rings. The first-order valence-electron chi connectivity index (χ1n) is 10.7. The second kappa shape index (κ2) is 10.9. The summed E-state index contributed by atoms with van der Waals surface area (Å²) in [5, 5.41) is 3.05. The number of methoxy groups -OCH3 is 1. The molecule has 1 aliphatic heterocycles. The van der Waals surface area contributed by atoms with Crippen molar-refractivity contribution in [3.05, 3.63) is 59.7 Å². The Morgan fingerprint density at radius 3 is 2.45 bits per heavy atom. The highest BCUT2D eigenvalue weighted by Gasteiger charge is 2.19. The standard InChI is InChI=1S/C24H33N3O2/c1-3-7-20-10-12-21(13-11-20)24(28)25-14-6-15-26-16-18-27(19-17-26)22-8-4-5-9-23(22)29-2/h4-5,8-13H,3,6-7,14-19H2,1-2H3,(H,25,28). The number of anilines is 1. The molecule has 1 saturated heterocycles. The Balaban J connectivity index is 1.36. The molecule has 5 heteroatoms. The van der Waals surface area contributed by atoms with Crippen LogP contribution in [0.5, 0.6) is 5.75 Å². The largest absolute Gasteiger partial charge is 0.495 e. The number of nitrogens with one attached hydrogen (secondary N) is 1. The Morgan fingerprint density at radius 1 is 1.03 bits per heavy atom. The van der Waals surface area contributed by atoms with Crippen molar-refractivity contribution in [2.45, 2.75) is 26.2 Å². The summed E-state index contributed by atoms with van der Waals surface area (Å²) in [5.41, 5.74) is 3.21. The average molecular weight is 396 g/mol. The number of hydrogen-bond acceptors (Lipinski definition) is 4. The van der Waals surface area contributed by atoms with Gasteiger partial charge in [0.05, 0.1) is 12.8 Å². The van der Waals surface area contributed by atoms with Crippen LogP contribution in [0.25, 0.3) is 0 Å². The number of rotatable bonds is 9. The van der Waals surface area contributed by atoms with Crippen LogP contribution >= 0.6 is 0 Å². The van der Waals surface area contributed by atoms with Crippen LogP contribution in [0.1, 0.15) is 35.7 Å². The Labute approximate surface area is 174 Å². The van der Waals surface area contributed by atoms with Gasteiger partial charge in [-0.05, 0) is 49.2 Å². The van der Waals surface area contributed by atoms with Crippen LogP contribution < -0.4 is 15.0 Å². The van der Waals surface area contributed by atoms with E-state index in [1.54, 1.807) is 7.11 Å². The fourth-order valence-electron chi connectivity index (χ4n) is 3.82. The number of aryl methyl sites for hydroxylation is 1. The number of nitrogens with zero attached hydrogens (tertiary/aromatic N) is 2. The van der Waals surface area contributed by atoms with E-state index in [2.05, 4.69) is 46.3 Å². The molecule has 0 saturated carbocycles. The summed E-state index contributed by atoms with van der Waals surface area (Å²) in [5.74, 6) is 0.959. The molecule has 0 bridgehead atoms. The minimum Gasteiger partial charge on any atom is -0.495 e.